The number of Topliss-reactive ketones (excluding diaryl/α,β-unsaturated/α-hetero) is 1. The first kappa shape index (κ1) is 17.7. The quantitative estimate of drug-likeness (QED) is 0.684. The lowest BCUT2D eigenvalue weighted by Gasteiger charge is -2.29. The first-order chi connectivity index (χ1) is 12.8. The predicted octanol–water partition coefficient (Wildman–Crippen LogP) is 4.56. The number of rotatable bonds is 3. The highest BCUT2D eigenvalue weighted by atomic mass is 19.1. The maximum absolute atomic E-state index is 13.5. The van der Waals surface area contributed by atoms with Gasteiger partial charge in [0.15, 0.2) is 0 Å². The van der Waals surface area contributed by atoms with Gasteiger partial charge in [-0.25, -0.2) is 9.07 Å². The van der Waals surface area contributed by atoms with E-state index in [1.807, 2.05) is 23.9 Å². The summed E-state index contributed by atoms with van der Waals surface area (Å²) in [6, 6.07) is 10.9. The van der Waals surface area contributed by atoms with Crippen LogP contribution in [-0.2, 0) is 23.1 Å². The molecular weight excluding hydrogens is 339 g/mol. The zero-order valence-corrected chi connectivity index (χ0v) is 16.1. The molecule has 0 N–H and O–H groups in total. The van der Waals surface area contributed by atoms with Gasteiger partial charge >= 0.3 is 0 Å². The average molecular weight is 362 g/mol. The van der Waals surface area contributed by atoms with Crippen molar-refractivity contribution in [2.24, 2.45) is 0 Å². The third-order valence-corrected chi connectivity index (χ3v) is 6.10. The molecule has 4 rings (SSSR count). The molecule has 0 unspecified atom stereocenters. The maximum Gasteiger partial charge on any atom is 0.141 e. The Balaban J connectivity index is 1.84. The normalized spacial score (nSPS) is 18.6. The lowest BCUT2D eigenvalue weighted by molar-refractivity contribution is -0.122. The standard InChI is InChI=1S/C23H23FN2O/c1-14-6-5-7-20(16(14)3)23(17(4)27)11-18-13-25-26(22(18)12-23)21-9-8-19(24)10-15(21)2/h5-10,13H,11-12H2,1-4H3/t23-/m1/s1. The molecule has 1 heterocycles. The molecule has 3 aromatic rings. The Morgan fingerprint density at radius 2 is 1.89 bits per heavy atom. The molecular formula is C23H23FN2O. The van der Waals surface area contributed by atoms with E-state index in [-0.39, 0.29) is 11.6 Å². The summed E-state index contributed by atoms with van der Waals surface area (Å²) in [5.74, 6) is -0.0803. The van der Waals surface area contributed by atoms with Gasteiger partial charge in [0.25, 0.3) is 0 Å². The summed E-state index contributed by atoms with van der Waals surface area (Å²) in [7, 11) is 0. The number of hydrogen-bond donors (Lipinski definition) is 0. The Hall–Kier alpha value is -2.75. The third kappa shape index (κ3) is 2.62. The number of aromatic nitrogens is 2. The van der Waals surface area contributed by atoms with E-state index in [0.29, 0.717) is 12.8 Å². The Bertz CT molecular complexity index is 1070. The lowest BCUT2D eigenvalue weighted by atomic mass is 9.72. The van der Waals surface area contributed by atoms with Crippen molar-refractivity contribution in [3.8, 4) is 5.69 Å². The van der Waals surface area contributed by atoms with E-state index < -0.39 is 5.41 Å². The van der Waals surface area contributed by atoms with Crippen molar-refractivity contribution in [2.75, 3.05) is 0 Å². The molecule has 138 valence electrons. The van der Waals surface area contributed by atoms with Crippen molar-refractivity contribution in [1.29, 1.82) is 0 Å². The van der Waals surface area contributed by atoms with Gasteiger partial charge in [-0.3, -0.25) is 4.79 Å². The number of nitrogens with zero attached hydrogens (tertiary/aromatic N) is 2. The summed E-state index contributed by atoms with van der Waals surface area (Å²) < 4.78 is 15.4. The van der Waals surface area contributed by atoms with Gasteiger partial charge in [0.2, 0.25) is 0 Å². The predicted molar refractivity (Wildman–Crippen MR) is 104 cm³/mol. The van der Waals surface area contributed by atoms with Crippen LogP contribution in [0.15, 0.2) is 42.6 Å². The van der Waals surface area contributed by atoms with Crippen LogP contribution in [0.5, 0.6) is 0 Å². The summed E-state index contributed by atoms with van der Waals surface area (Å²) in [6.07, 6.45) is 3.12. The smallest absolute Gasteiger partial charge is 0.141 e. The van der Waals surface area contributed by atoms with Crippen LogP contribution in [0.1, 0.15) is 40.4 Å². The minimum absolute atomic E-state index is 0.176. The van der Waals surface area contributed by atoms with Crippen molar-refractivity contribution >= 4 is 5.78 Å². The minimum Gasteiger partial charge on any atom is -0.299 e. The molecule has 0 bridgehead atoms. The van der Waals surface area contributed by atoms with Crippen molar-refractivity contribution in [1.82, 2.24) is 9.78 Å². The fraction of sp³-hybridized carbons (Fsp3) is 0.304. The van der Waals surface area contributed by atoms with Crippen LogP contribution in [0.4, 0.5) is 4.39 Å². The van der Waals surface area contributed by atoms with Crippen molar-refractivity contribution in [3.05, 3.63) is 81.9 Å². The Morgan fingerprint density at radius 3 is 2.59 bits per heavy atom. The summed E-state index contributed by atoms with van der Waals surface area (Å²) in [4.78, 5) is 12.9. The number of fused-ring (bicyclic) bond motifs is 1. The molecule has 1 aromatic heterocycles. The molecule has 0 amide bonds. The number of hydrogen-bond acceptors (Lipinski definition) is 2. The van der Waals surface area contributed by atoms with E-state index in [9.17, 15) is 9.18 Å². The van der Waals surface area contributed by atoms with Gasteiger partial charge in [-0.05, 0) is 80.1 Å². The van der Waals surface area contributed by atoms with Crippen LogP contribution in [-0.4, -0.2) is 15.6 Å². The second-order valence-corrected chi connectivity index (χ2v) is 7.70. The Kier molecular flexibility index (Phi) is 4.02. The highest BCUT2D eigenvalue weighted by Gasteiger charge is 2.46. The Morgan fingerprint density at radius 1 is 1.11 bits per heavy atom. The molecule has 1 aliphatic rings. The molecule has 27 heavy (non-hydrogen) atoms. The summed E-state index contributed by atoms with van der Waals surface area (Å²) >= 11 is 0. The van der Waals surface area contributed by atoms with E-state index >= 15 is 0 Å². The second-order valence-electron chi connectivity index (χ2n) is 7.70. The van der Waals surface area contributed by atoms with Gasteiger partial charge in [0.1, 0.15) is 11.6 Å². The van der Waals surface area contributed by atoms with Crippen LogP contribution in [0, 0.1) is 26.6 Å². The molecule has 0 spiro atoms. The van der Waals surface area contributed by atoms with Gasteiger partial charge in [-0.2, -0.15) is 5.10 Å². The molecule has 1 aliphatic carbocycles. The first-order valence-electron chi connectivity index (χ1n) is 9.23. The number of ketones is 1. The third-order valence-electron chi connectivity index (χ3n) is 6.10. The highest BCUT2D eigenvalue weighted by Crippen LogP contribution is 2.43. The molecule has 0 radical (unpaired) electrons. The number of aryl methyl sites for hydroxylation is 2. The average Bonchev–Trinajstić information content (AvgIpc) is 3.16. The van der Waals surface area contributed by atoms with Gasteiger partial charge in [-0.15, -0.1) is 0 Å². The van der Waals surface area contributed by atoms with Crippen LogP contribution in [0.2, 0.25) is 0 Å². The lowest BCUT2D eigenvalue weighted by Crippen LogP contribution is -2.36. The summed E-state index contributed by atoms with van der Waals surface area (Å²) in [5, 5.41) is 4.54. The van der Waals surface area contributed by atoms with Crippen LogP contribution in [0.3, 0.4) is 0 Å². The number of halogens is 1. The topological polar surface area (TPSA) is 34.9 Å². The monoisotopic (exact) mass is 362 g/mol. The Labute approximate surface area is 158 Å². The van der Waals surface area contributed by atoms with E-state index in [1.54, 1.807) is 13.0 Å². The molecule has 0 aliphatic heterocycles. The zero-order chi connectivity index (χ0) is 19.3. The maximum atomic E-state index is 13.5. The first-order valence-corrected chi connectivity index (χ1v) is 9.23. The molecule has 3 nitrogen and oxygen atoms in total. The minimum atomic E-state index is -0.556. The van der Waals surface area contributed by atoms with Crippen LogP contribution in [0.25, 0.3) is 5.69 Å². The van der Waals surface area contributed by atoms with E-state index in [0.717, 1.165) is 28.1 Å². The molecule has 0 saturated carbocycles. The molecule has 0 fully saturated rings. The van der Waals surface area contributed by atoms with E-state index in [2.05, 4.69) is 31.1 Å². The summed E-state index contributed by atoms with van der Waals surface area (Å²) in [5.41, 5.74) is 6.74. The van der Waals surface area contributed by atoms with Crippen LogP contribution >= 0.6 is 0 Å². The second kappa shape index (κ2) is 6.15. The zero-order valence-electron chi connectivity index (χ0n) is 16.1. The van der Waals surface area contributed by atoms with Gasteiger partial charge in [0.05, 0.1) is 17.3 Å². The van der Waals surface area contributed by atoms with Crippen LogP contribution < -0.4 is 0 Å². The fourth-order valence-corrected chi connectivity index (χ4v) is 4.38. The molecule has 1 atom stereocenters. The largest absolute Gasteiger partial charge is 0.299 e. The van der Waals surface area contributed by atoms with Gasteiger partial charge in [-0.1, -0.05) is 18.2 Å². The van der Waals surface area contributed by atoms with Crippen molar-refractivity contribution < 1.29 is 9.18 Å². The number of carbonyl (C=O) groups is 1. The van der Waals surface area contributed by atoms with Gasteiger partial charge in [0, 0.05) is 12.1 Å². The molecule has 0 saturated heterocycles. The van der Waals surface area contributed by atoms with Gasteiger partial charge < -0.3 is 0 Å². The fourth-order valence-electron chi connectivity index (χ4n) is 4.38. The van der Waals surface area contributed by atoms with E-state index in [1.165, 1.54) is 23.3 Å². The number of benzene rings is 2. The van der Waals surface area contributed by atoms with Crippen molar-refractivity contribution in [2.45, 2.75) is 46.0 Å². The highest BCUT2D eigenvalue weighted by molar-refractivity contribution is 5.90. The van der Waals surface area contributed by atoms with E-state index in [4.69, 9.17) is 0 Å². The summed E-state index contributed by atoms with van der Waals surface area (Å²) in [6.45, 7) is 7.74. The van der Waals surface area contributed by atoms with Crippen molar-refractivity contribution in [3.63, 3.8) is 0 Å². The molecule has 2 aromatic carbocycles. The molecule has 4 heteroatoms. The SMILES string of the molecule is CC(=O)[C@@]1(c2cccc(C)c2C)Cc2cnn(-c3ccc(F)cc3C)c2C1. The number of carbonyl (C=O) groups excluding carboxylic acids is 1.